The van der Waals surface area contributed by atoms with Crippen molar-refractivity contribution in [1.82, 2.24) is 39.6 Å². The SMILES string of the molecule is CC(C)C(NC(=O)c1cccc(NCc2nnc(-c3ccncn3)n2C)c1)c1nccn1C. The van der Waals surface area contributed by atoms with Gasteiger partial charge in [0.1, 0.15) is 17.8 Å². The minimum absolute atomic E-state index is 0.148. The Morgan fingerprint density at radius 2 is 1.94 bits per heavy atom. The average Bonchev–Trinajstić information content (AvgIpc) is 3.41. The second-order valence-corrected chi connectivity index (χ2v) is 8.12. The summed E-state index contributed by atoms with van der Waals surface area (Å²) in [5, 5.41) is 14.9. The van der Waals surface area contributed by atoms with Crippen LogP contribution < -0.4 is 10.6 Å². The molecule has 1 unspecified atom stereocenters. The Balaban J connectivity index is 1.45. The molecule has 4 aromatic rings. The van der Waals surface area contributed by atoms with Gasteiger partial charge in [0.05, 0.1) is 12.6 Å². The van der Waals surface area contributed by atoms with Crippen molar-refractivity contribution in [3.63, 3.8) is 0 Å². The van der Waals surface area contributed by atoms with E-state index in [0.29, 0.717) is 23.6 Å². The van der Waals surface area contributed by atoms with Crippen molar-refractivity contribution in [3.8, 4) is 11.5 Å². The summed E-state index contributed by atoms with van der Waals surface area (Å²) in [6.07, 6.45) is 6.77. The fourth-order valence-electron chi connectivity index (χ4n) is 3.54. The summed E-state index contributed by atoms with van der Waals surface area (Å²) in [5.74, 6) is 2.28. The fourth-order valence-corrected chi connectivity index (χ4v) is 3.54. The first-order valence-electron chi connectivity index (χ1n) is 10.7. The van der Waals surface area contributed by atoms with Crippen molar-refractivity contribution in [2.75, 3.05) is 5.32 Å². The third-order valence-corrected chi connectivity index (χ3v) is 5.44. The molecule has 0 bridgehead atoms. The zero-order chi connectivity index (χ0) is 23.4. The molecule has 0 fully saturated rings. The van der Waals surface area contributed by atoms with Gasteiger partial charge in [-0.15, -0.1) is 10.2 Å². The number of anilines is 1. The molecule has 1 amide bonds. The zero-order valence-corrected chi connectivity index (χ0v) is 19.1. The third-order valence-electron chi connectivity index (χ3n) is 5.44. The summed E-state index contributed by atoms with van der Waals surface area (Å²) in [5.41, 5.74) is 2.09. The molecule has 2 N–H and O–H groups in total. The van der Waals surface area contributed by atoms with Crippen LogP contribution in [0.4, 0.5) is 5.69 Å². The minimum Gasteiger partial charge on any atom is -0.378 e. The Hall–Kier alpha value is -4.08. The highest BCUT2D eigenvalue weighted by molar-refractivity contribution is 5.95. The normalized spacial score (nSPS) is 12.0. The van der Waals surface area contributed by atoms with Crippen LogP contribution in [0, 0.1) is 5.92 Å². The van der Waals surface area contributed by atoms with Gasteiger partial charge in [-0.1, -0.05) is 19.9 Å². The predicted octanol–water partition coefficient (Wildman–Crippen LogP) is 2.74. The molecule has 170 valence electrons. The summed E-state index contributed by atoms with van der Waals surface area (Å²) in [6.45, 7) is 4.57. The van der Waals surface area contributed by atoms with Crippen LogP contribution in [0.3, 0.4) is 0 Å². The zero-order valence-electron chi connectivity index (χ0n) is 19.1. The van der Waals surface area contributed by atoms with Crippen molar-refractivity contribution in [1.29, 1.82) is 0 Å². The van der Waals surface area contributed by atoms with Crippen molar-refractivity contribution in [2.24, 2.45) is 20.0 Å². The summed E-state index contributed by atoms with van der Waals surface area (Å²) >= 11 is 0. The second kappa shape index (κ2) is 9.60. The molecule has 10 heteroatoms. The highest BCUT2D eigenvalue weighted by Crippen LogP contribution is 2.21. The summed E-state index contributed by atoms with van der Waals surface area (Å²) in [4.78, 5) is 25.6. The molecule has 3 heterocycles. The Bertz CT molecular complexity index is 1230. The smallest absolute Gasteiger partial charge is 0.251 e. The number of carbonyl (C=O) groups is 1. The number of hydrogen-bond donors (Lipinski definition) is 2. The van der Waals surface area contributed by atoms with Gasteiger partial charge in [0.15, 0.2) is 11.6 Å². The summed E-state index contributed by atoms with van der Waals surface area (Å²) < 4.78 is 3.81. The molecule has 1 aromatic carbocycles. The number of hydrogen-bond acceptors (Lipinski definition) is 7. The first kappa shape index (κ1) is 22.1. The maximum Gasteiger partial charge on any atom is 0.251 e. The number of rotatable bonds is 8. The third kappa shape index (κ3) is 4.89. The molecule has 0 radical (unpaired) electrons. The molecule has 0 saturated heterocycles. The predicted molar refractivity (Wildman–Crippen MR) is 124 cm³/mol. The van der Waals surface area contributed by atoms with Crippen LogP contribution in [0.5, 0.6) is 0 Å². The van der Waals surface area contributed by atoms with Crippen LogP contribution in [0.15, 0.2) is 55.2 Å². The van der Waals surface area contributed by atoms with E-state index in [1.165, 1.54) is 6.33 Å². The van der Waals surface area contributed by atoms with Gasteiger partial charge in [-0.2, -0.15) is 0 Å². The van der Waals surface area contributed by atoms with E-state index < -0.39 is 0 Å². The van der Waals surface area contributed by atoms with Gasteiger partial charge in [0, 0.05) is 43.9 Å². The van der Waals surface area contributed by atoms with Crippen LogP contribution in [-0.2, 0) is 20.6 Å². The number of imidazole rings is 1. The molecule has 1 atom stereocenters. The second-order valence-electron chi connectivity index (χ2n) is 8.12. The van der Waals surface area contributed by atoms with Gasteiger partial charge in [-0.25, -0.2) is 15.0 Å². The monoisotopic (exact) mass is 445 g/mol. The molecule has 0 saturated carbocycles. The molecule has 0 spiro atoms. The van der Waals surface area contributed by atoms with Gasteiger partial charge < -0.3 is 19.8 Å². The van der Waals surface area contributed by atoms with E-state index in [0.717, 1.165) is 17.3 Å². The Labute approximate surface area is 192 Å². The van der Waals surface area contributed by atoms with Crippen LogP contribution in [0.25, 0.3) is 11.5 Å². The van der Waals surface area contributed by atoms with Gasteiger partial charge in [0.2, 0.25) is 0 Å². The van der Waals surface area contributed by atoms with Crippen molar-refractivity contribution in [2.45, 2.75) is 26.4 Å². The number of aryl methyl sites for hydroxylation is 1. The summed E-state index contributed by atoms with van der Waals surface area (Å²) in [6, 6.07) is 8.99. The molecule has 0 aliphatic carbocycles. The van der Waals surface area contributed by atoms with Crippen molar-refractivity contribution >= 4 is 11.6 Å². The molecule has 10 nitrogen and oxygen atoms in total. The first-order valence-corrected chi connectivity index (χ1v) is 10.7. The minimum atomic E-state index is -0.187. The maximum atomic E-state index is 13.0. The molecular formula is C23H27N9O. The topological polar surface area (TPSA) is 115 Å². The lowest BCUT2D eigenvalue weighted by molar-refractivity contribution is 0.0922. The lowest BCUT2D eigenvalue weighted by Gasteiger charge is -2.22. The largest absolute Gasteiger partial charge is 0.378 e. The fraction of sp³-hybridized carbons (Fsp3) is 0.304. The average molecular weight is 446 g/mol. The van der Waals surface area contributed by atoms with E-state index in [-0.39, 0.29) is 17.9 Å². The van der Waals surface area contributed by atoms with Crippen LogP contribution >= 0.6 is 0 Å². The lowest BCUT2D eigenvalue weighted by atomic mass is 10.0. The van der Waals surface area contributed by atoms with E-state index in [9.17, 15) is 4.79 Å². The van der Waals surface area contributed by atoms with Crippen LogP contribution in [0.2, 0.25) is 0 Å². The molecule has 33 heavy (non-hydrogen) atoms. The number of carbonyl (C=O) groups excluding carboxylic acids is 1. The van der Waals surface area contributed by atoms with Crippen LogP contribution in [-0.4, -0.2) is 40.2 Å². The maximum absolute atomic E-state index is 13.0. The van der Waals surface area contributed by atoms with Gasteiger partial charge in [0.25, 0.3) is 5.91 Å². The van der Waals surface area contributed by atoms with E-state index in [1.54, 1.807) is 24.5 Å². The van der Waals surface area contributed by atoms with Gasteiger partial charge in [-0.3, -0.25) is 4.79 Å². The Kier molecular flexibility index (Phi) is 6.43. The van der Waals surface area contributed by atoms with E-state index in [4.69, 9.17) is 0 Å². The van der Waals surface area contributed by atoms with Gasteiger partial charge >= 0.3 is 0 Å². The standard InChI is InChI=1S/C23H27N9O/c1-15(2)20(22-25-10-11-31(22)3)28-23(33)16-6-5-7-17(12-16)26-13-19-29-30-21(32(19)4)18-8-9-24-14-27-18/h5-12,14-15,20,26H,13H2,1-4H3,(H,28,33). The number of amides is 1. The molecule has 3 aromatic heterocycles. The number of aromatic nitrogens is 7. The number of nitrogens with one attached hydrogen (secondary N) is 2. The van der Waals surface area contributed by atoms with E-state index in [2.05, 4.69) is 49.6 Å². The lowest BCUT2D eigenvalue weighted by Crippen LogP contribution is -2.33. The highest BCUT2D eigenvalue weighted by Gasteiger charge is 2.22. The van der Waals surface area contributed by atoms with Crippen molar-refractivity contribution < 1.29 is 4.79 Å². The van der Waals surface area contributed by atoms with E-state index >= 15 is 0 Å². The number of nitrogens with zero attached hydrogens (tertiary/aromatic N) is 7. The Morgan fingerprint density at radius 3 is 2.64 bits per heavy atom. The molecule has 4 rings (SSSR count). The van der Waals surface area contributed by atoms with Crippen LogP contribution in [0.1, 0.15) is 41.9 Å². The molecular weight excluding hydrogens is 418 g/mol. The molecule has 0 aliphatic heterocycles. The van der Waals surface area contributed by atoms with Crippen molar-refractivity contribution in [3.05, 3.63) is 72.5 Å². The van der Waals surface area contributed by atoms with E-state index in [1.807, 2.05) is 47.6 Å². The molecule has 0 aliphatic rings. The first-order chi connectivity index (χ1) is 15.9. The van der Waals surface area contributed by atoms with Gasteiger partial charge in [-0.05, 0) is 30.2 Å². The highest BCUT2D eigenvalue weighted by atomic mass is 16.1. The Morgan fingerprint density at radius 1 is 1.09 bits per heavy atom. The summed E-state index contributed by atoms with van der Waals surface area (Å²) in [7, 11) is 3.82. The quantitative estimate of drug-likeness (QED) is 0.428. The number of benzene rings is 1.